The van der Waals surface area contributed by atoms with Crippen molar-refractivity contribution < 1.29 is 14.7 Å². The Balaban J connectivity index is 2.33. The standard InChI is InChI=1S/C14H14BrNO3/c1-8-11(3-2-4-13(8)17)16-12-7-9(14(18)19)5-6-10(12)15/h5-7,16H,2-4H2,1H3,(H,18,19). The first-order valence-corrected chi connectivity index (χ1v) is 6.81. The highest BCUT2D eigenvalue weighted by Crippen LogP contribution is 2.29. The maximum Gasteiger partial charge on any atom is 0.335 e. The lowest BCUT2D eigenvalue weighted by Crippen LogP contribution is -2.14. The van der Waals surface area contributed by atoms with Gasteiger partial charge in [0.1, 0.15) is 0 Å². The zero-order valence-corrected chi connectivity index (χ0v) is 12.1. The number of halogens is 1. The van der Waals surface area contributed by atoms with E-state index < -0.39 is 5.97 Å². The lowest BCUT2D eigenvalue weighted by molar-refractivity contribution is -0.116. The monoisotopic (exact) mass is 323 g/mol. The van der Waals surface area contributed by atoms with Crippen LogP contribution in [0, 0.1) is 0 Å². The van der Waals surface area contributed by atoms with E-state index in [4.69, 9.17) is 5.11 Å². The fourth-order valence-corrected chi connectivity index (χ4v) is 2.39. The van der Waals surface area contributed by atoms with Crippen molar-refractivity contribution in [3.8, 4) is 0 Å². The zero-order valence-electron chi connectivity index (χ0n) is 10.5. The predicted molar refractivity (Wildman–Crippen MR) is 76.3 cm³/mol. The van der Waals surface area contributed by atoms with E-state index in [1.54, 1.807) is 19.1 Å². The fourth-order valence-electron chi connectivity index (χ4n) is 2.04. The van der Waals surface area contributed by atoms with Gasteiger partial charge < -0.3 is 10.4 Å². The Bertz CT molecular complexity index is 578. The van der Waals surface area contributed by atoms with Crippen LogP contribution in [0.2, 0.25) is 0 Å². The number of anilines is 1. The number of allylic oxidation sites excluding steroid dienone is 2. The van der Waals surface area contributed by atoms with Crippen molar-refractivity contribution in [2.45, 2.75) is 26.2 Å². The molecular weight excluding hydrogens is 310 g/mol. The second-order valence-corrected chi connectivity index (χ2v) is 5.36. The van der Waals surface area contributed by atoms with Gasteiger partial charge in [-0.2, -0.15) is 0 Å². The number of Topliss-reactive ketones (excluding diaryl/α,β-unsaturated/α-hetero) is 1. The number of nitrogens with one attached hydrogen (secondary N) is 1. The number of benzene rings is 1. The van der Waals surface area contributed by atoms with Crippen LogP contribution in [-0.4, -0.2) is 16.9 Å². The van der Waals surface area contributed by atoms with E-state index in [2.05, 4.69) is 21.2 Å². The van der Waals surface area contributed by atoms with Gasteiger partial charge >= 0.3 is 5.97 Å². The van der Waals surface area contributed by atoms with Crippen molar-refractivity contribution in [1.29, 1.82) is 0 Å². The summed E-state index contributed by atoms with van der Waals surface area (Å²) in [5.41, 5.74) is 2.49. The molecule has 2 rings (SSSR count). The summed E-state index contributed by atoms with van der Waals surface area (Å²) in [4.78, 5) is 22.6. The molecule has 0 radical (unpaired) electrons. The largest absolute Gasteiger partial charge is 0.478 e. The number of hydrogen-bond donors (Lipinski definition) is 2. The Morgan fingerprint density at radius 3 is 2.79 bits per heavy atom. The number of aromatic carboxylic acids is 1. The molecule has 1 aromatic carbocycles. The van der Waals surface area contributed by atoms with E-state index >= 15 is 0 Å². The molecule has 0 aliphatic heterocycles. The van der Waals surface area contributed by atoms with E-state index in [0.29, 0.717) is 12.1 Å². The Kier molecular flexibility index (Phi) is 4.04. The normalized spacial score (nSPS) is 15.6. The minimum atomic E-state index is -0.971. The van der Waals surface area contributed by atoms with Crippen LogP contribution in [0.1, 0.15) is 36.5 Å². The highest BCUT2D eigenvalue weighted by atomic mass is 79.9. The van der Waals surface area contributed by atoms with E-state index in [1.165, 1.54) is 6.07 Å². The average molecular weight is 324 g/mol. The first-order chi connectivity index (χ1) is 8.99. The molecule has 0 aromatic heterocycles. The molecule has 0 bridgehead atoms. The number of carboxylic acid groups (broad SMARTS) is 1. The Morgan fingerprint density at radius 2 is 2.11 bits per heavy atom. The molecule has 0 amide bonds. The molecule has 0 unspecified atom stereocenters. The second-order valence-electron chi connectivity index (χ2n) is 4.51. The van der Waals surface area contributed by atoms with Crippen LogP contribution in [0.15, 0.2) is 33.9 Å². The molecule has 100 valence electrons. The van der Waals surface area contributed by atoms with Crippen molar-refractivity contribution >= 4 is 33.4 Å². The summed E-state index contributed by atoms with van der Waals surface area (Å²) in [6.45, 7) is 1.80. The summed E-state index contributed by atoms with van der Waals surface area (Å²) in [6, 6.07) is 4.78. The number of carboxylic acids is 1. The lowest BCUT2D eigenvalue weighted by Gasteiger charge is -2.19. The third kappa shape index (κ3) is 3.04. The highest BCUT2D eigenvalue weighted by Gasteiger charge is 2.17. The van der Waals surface area contributed by atoms with E-state index in [9.17, 15) is 9.59 Å². The molecule has 1 aromatic rings. The molecule has 0 saturated carbocycles. The summed E-state index contributed by atoms with van der Waals surface area (Å²) in [5.74, 6) is -0.819. The van der Waals surface area contributed by atoms with Gasteiger partial charge in [0.05, 0.1) is 11.3 Å². The van der Waals surface area contributed by atoms with E-state index in [-0.39, 0.29) is 11.3 Å². The van der Waals surface area contributed by atoms with Crippen molar-refractivity contribution in [3.05, 3.63) is 39.5 Å². The van der Waals surface area contributed by atoms with Crippen LogP contribution >= 0.6 is 15.9 Å². The summed E-state index contributed by atoms with van der Waals surface area (Å²) < 4.78 is 0.774. The van der Waals surface area contributed by atoms with Crippen molar-refractivity contribution in [2.24, 2.45) is 0 Å². The summed E-state index contributed by atoms with van der Waals surface area (Å²) in [6.07, 6.45) is 2.23. The van der Waals surface area contributed by atoms with Crippen molar-refractivity contribution in [2.75, 3.05) is 5.32 Å². The van der Waals surface area contributed by atoms with Crippen LogP contribution in [0.4, 0.5) is 5.69 Å². The SMILES string of the molecule is CC1=C(Nc2cc(C(=O)O)ccc2Br)CCCC1=O. The fraction of sp³-hybridized carbons (Fsp3) is 0.286. The number of rotatable bonds is 3. The molecule has 1 aliphatic carbocycles. The van der Waals surface area contributed by atoms with Gasteiger partial charge in [-0.1, -0.05) is 0 Å². The Morgan fingerprint density at radius 1 is 1.37 bits per heavy atom. The molecule has 0 saturated heterocycles. The van der Waals surface area contributed by atoms with Crippen molar-refractivity contribution in [1.82, 2.24) is 0 Å². The van der Waals surface area contributed by atoms with Crippen LogP contribution in [0.25, 0.3) is 0 Å². The summed E-state index contributed by atoms with van der Waals surface area (Å²) >= 11 is 3.38. The summed E-state index contributed by atoms with van der Waals surface area (Å²) in [5, 5.41) is 12.2. The molecule has 0 fully saturated rings. The molecule has 0 heterocycles. The number of carbonyl (C=O) groups is 2. The van der Waals surface area contributed by atoms with Crippen molar-refractivity contribution in [3.63, 3.8) is 0 Å². The number of ketones is 1. The molecule has 5 heteroatoms. The predicted octanol–water partition coefficient (Wildman–Crippen LogP) is 3.59. The maximum absolute atomic E-state index is 11.7. The molecule has 1 aliphatic rings. The Hall–Kier alpha value is -1.62. The van der Waals surface area contributed by atoms with Crippen LogP contribution in [0.3, 0.4) is 0 Å². The molecule has 4 nitrogen and oxygen atoms in total. The van der Waals surface area contributed by atoms with Crippen LogP contribution in [0.5, 0.6) is 0 Å². The smallest absolute Gasteiger partial charge is 0.335 e. The molecule has 0 spiro atoms. The van der Waals surface area contributed by atoms with Gasteiger partial charge in [-0.3, -0.25) is 4.79 Å². The molecule has 19 heavy (non-hydrogen) atoms. The quantitative estimate of drug-likeness (QED) is 0.892. The third-order valence-corrected chi connectivity index (χ3v) is 3.89. The zero-order chi connectivity index (χ0) is 14.0. The number of hydrogen-bond acceptors (Lipinski definition) is 3. The molecule has 0 atom stereocenters. The van der Waals surface area contributed by atoms with Crippen LogP contribution in [-0.2, 0) is 4.79 Å². The van der Waals surface area contributed by atoms with Gasteiger partial charge in [0.15, 0.2) is 5.78 Å². The molecule has 2 N–H and O–H groups in total. The van der Waals surface area contributed by atoms with Gasteiger partial charge in [-0.15, -0.1) is 0 Å². The first kappa shape index (κ1) is 13.8. The van der Waals surface area contributed by atoms with E-state index in [0.717, 1.165) is 28.6 Å². The molecular formula is C14H14BrNO3. The number of carbonyl (C=O) groups excluding carboxylic acids is 1. The van der Waals surface area contributed by atoms with Crippen LogP contribution < -0.4 is 5.32 Å². The minimum Gasteiger partial charge on any atom is -0.478 e. The maximum atomic E-state index is 11.7. The van der Waals surface area contributed by atoms with Gasteiger partial charge in [-0.05, 0) is 53.9 Å². The van der Waals surface area contributed by atoms with Gasteiger partial charge in [-0.25, -0.2) is 4.79 Å². The highest BCUT2D eigenvalue weighted by molar-refractivity contribution is 9.10. The van der Waals surface area contributed by atoms with Gasteiger partial charge in [0.25, 0.3) is 0 Å². The topological polar surface area (TPSA) is 66.4 Å². The lowest BCUT2D eigenvalue weighted by atomic mass is 9.96. The summed E-state index contributed by atoms with van der Waals surface area (Å²) in [7, 11) is 0. The minimum absolute atomic E-state index is 0.152. The average Bonchev–Trinajstić information content (AvgIpc) is 2.37. The van der Waals surface area contributed by atoms with Gasteiger partial charge in [0, 0.05) is 22.2 Å². The van der Waals surface area contributed by atoms with Gasteiger partial charge in [0.2, 0.25) is 0 Å². The first-order valence-electron chi connectivity index (χ1n) is 6.02. The third-order valence-electron chi connectivity index (χ3n) is 3.20. The van der Waals surface area contributed by atoms with E-state index in [1.807, 2.05) is 0 Å². The second kappa shape index (κ2) is 5.57. The Labute approximate surface area is 119 Å².